The van der Waals surface area contributed by atoms with Crippen LogP contribution in [0.4, 0.5) is 24.5 Å². The van der Waals surface area contributed by atoms with Crippen LogP contribution in [0.2, 0.25) is 0 Å². The van der Waals surface area contributed by atoms with E-state index in [1.807, 2.05) is 18.2 Å². The summed E-state index contributed by atoms with van der Waals surface area (Å²) in [6, 6.07) is 13.1. The van der Waals surface area contributed by atoms with Gasteiger partial charge in [-0.25, -0.2) is 13.2 Å². The third kappa shape index (κ3) is 2.83. The summed E-state index contributed by atoms with van der Waals surface area (Å²) in [7, 11) is 1.59. The molecule has 33 heavy (non-hydrogen) atoms. The Balaban J connectivity index is 1.65. The number of anilines is 2. The maximum atomic E-state index is 15.2. The molecule has 5 nitrogen and oxygen atoms in total. The van der Waals surface area contributed by atoms with Crippen molar-refractivity contribution >= 4 is 28.2 Å². The molecule has 1 N–H and O–H groups in total. The summed E-state index contributed by atoms with van der Waals surface area (Å²) in [6.07, 6.45) is -0.205. The van der Waals surface area contributed by atoms with Crippen molar-refractivity contribution < 1.29 is 22.7 Å². The summed E-state index contributed by atoms with van der Waals surface area (Å²) in [5.41, 5.74) is 2.72. The highest BCUT2D eigenvalue weighted by atomic mass is 19.1. The molecule has 0 fully saturated rings. The van der Waals surface area contributed by atoms with Crippen LogP contribution in [0, 0.1) is 17.5 Å². The number of ether oxygens (including phenoxy) is 1. The Labute approximate surface area is 187 Å². The highest BCUT2D eigenvalue weighted by Crippen LogP contribution is 2.48. The predicted molar refractivity (Wildman–Crippen MR) is 117 cm³/mol. The van der Waals surface area contributed by atoms with Gasteiger partial charge in [0.1, 0.15) is 17.4 Å². The SMILES string of the molecule is COc1ccc2[nH]c3c(c2c1)CCN1C(=O)c2cc(F)cc(F)c2N(c2cccc(F)c2)C31. The molecule has 166 valence electrons. The average molecular weight is 449 g/mol. The molecular weight excluding hydrogens is 431 g/mol. The van der Waals surface area contributed by atoms with E-state index in [0.717, 1.165) is 28.6 Å². The van der Waals surface area contributed by atoms with E-state index in [1.54, 1.807) is 23.0 Å². The zero-order valence-corrected chi connectivity index (χ0v) is 17.5. The predicted octanol–water partition coefficient (Wildman–Crippen LogP) is 5.44. The minimum absolute atomic E-state index is 0.0719. The van der Waals surface area contributed by atoms with E-state index in [4.69, 9.17) is 4.74 Å². The molecule has 2 aliphatic heterocycles. The van der Waals surface area contributed by atoms with Crippen molar-refractivity contribution in [1.82, 2.24) is 9.88 Å². The normalized spacial score (nSPS) is 17.1. The van der Waals surface area contributed by atoms with E-state index in [0.29, 0.717) is 30.1 Å². The molecule has 1 atom stereocenters. The highest BCUT2D eigenvalue weighted by Gasteiger charge is 2.45. The number of amides is 1. The number of carbonyl (C=O) groups excluding carboxylic acids is 1. The van der Waals surface area contributed by atoms with Crippen LogP contribution < -0.4 is 9.64 Å². The van der Waals surface area contributed by atoms with Crippen LogP contribution in [-0.2, 0) is 6.42 Å². The number of hydrogen-bond donors (Lipinski definition) is 1. The number of rotatable bonds is 2. The van der Waals surface area contributed by atoms with Gasteiger partial charge in [0, 0.05) is 29.2 Å². The molecule has 0 spiro atoms. The van der Waals surface area contributed by atoms with Crippen LogP contribution in [0.3, 0.4) is 0 Å². The number of carbonyl (C=O) groups is 1. The summed E-state index contributed by atoms with van der Waals surface area (Å²) >= 11 is 0. The Morgan fingerprint density at radius 1 is 1.03 bits per heavy atom. The lowest BCUT2D eigenvalue weighted by Gasteiger charge is -2.47. The topological polar surface area (TPSA) is 48.6 Å². The first-order valence-corrected chi connectivity index (χ1v) is 10.5. The fourth-order valence-electron chi connectivity index (χ4n) is 5.00. The van der Waals surface area contributed by atoms with Gasteiger partial charge in [-0.3, -0.25) is 4.79 Å². The lowest BCUT2D eigenvalue weighted by atomic mass is 9.94. The first-order valence-electron chi connectivity index (χ1n) is 10.5. The van der Waals surface area contributed by atoms with Crippen molar-refractivity contribution in [2.24, 2.45) is 0 Å². The number of fused-ring (bicyclic) bond motifs is 6. The van der Waals surface area contributed by atoms with Crippen molar-refractivity contribution in [3.05, 3.63) is 88.9 Å². The molecule has 8 heteroatoms. The summed E-state index contributed by atoms with van der Waals surface area (Å²) in [5, 5.41) is 0.945. The van der Waals surface area contributed by atoms with Crippen LogP contribution in [0.5, 0.6) is 5.75 Å². The molecule has 0 bridgehead atoms. The number of aromatic nitrogens is 1. The van der Waals surface area contributed by atoms with Crippen LogP contribution >= 0.6 is 0 Å². The first-order chi connectivity index (χ1) is 16.0. The lowest BCUT2D eigenvalue weighted by Crippen LogP contribution is -2.51. The molecule has 0 radical (unpaired) electrons. The van der Waals surface area contributed by atoms with E-state index in [2.05, 4.69) is 4.98 Å². The number of H-pyrrole nitrogens is 1. The Hall–Kier alpha value is -3.94. The van der Waals surface area contributed by atoms with Crippen molar-refractivity contribution in [2.75, 3.05) is 18.6 Å². The molecule has 0 saturated heterocycles. The van der Waals surface area contributed by atoms with Gasteiger partial charge in [-0.15, -0.1) is 0 Å². The maximum absolute atomic E-state index is 15.2. The zero-order valence-electron chi connectivity index (χ0n) is 17.5. The van der Waals surface area contributed by atoms with Gasteiger partial charge >= 0.3 is 0 Å². The van der Waals surface area contributed by atoms with Crippen molar-refractivity contribution in [3.8, 4) is 5.75 Å². The van der Waals surface area contributed by atoms with Gasteiger partial charge in [0.15, 0.2) is 12.0 Å². The molecule has 0 saturated carbocycles. The number of nitrogens with zero attached hydrogens (tertiary/aromatic N) is 2. The van der Waals surface area contributed by atoms with Gasteiger partial charge in [0.25, 0.3) is 5.91 Å². The third-order valence-electron chi connectivity index (χ3n) is 6.39. The minimum atomic E-state index is -0.882. The van der Waals surface area contributed by atoms with E-state index in [-0.39, 0.29) is 11.3 Å². The van der Waals surface area contributed by atoms with Crippen LogP contribution in [0.25, 0.3) is 10.9 Å². The Morgan fingerprint density at radius 2 is 1.88 bits per heavy atom. The molecule has 3 heterocycles. The second-order valence-electron chi connectivity index (χ2n) is 8.18. The van der Waals surface area contributed by atoms with Crippen molar-refractivity contribution in [3.63, 3.8) is 0 Å². The average Bonchev–Trinajstić information content (AvgIpc) is 3.18. The second-order valence-corrected chi connectivity index (χ2v) is 8.18. The molecule has 2 aliphatic rings. The molecular formula is C25H18F3N3O2. The minimum Gasteiger partial charge on any atom is -0.497 e. The van der Waals surface area contributed by atoms with Gasteiger partial charge in [-0.05, 0) is 54.4 Å². The number of methoxy groups -OCH3 is 1. The number of aromatic amines is 1. The zero-order chi connectivity index (χ0) is 22.9. The maximum Gasteiger partial charge on any atom is 0.258 e. The molecule has 4 aromatic rings. The van der Waals surface area contributed by atoms with Crippen molar-refractivity contribution in [1.29, 1.82) is 0 Å². The summed E-state index contributed by atoms with van der Waals surface area (Å²) in [6.45, 7) is 0.337. The number of halogens is 3. The summed E-state index contributed by atoms with van der Waals surface area (Å²) in [4.78, 5) is 19.9. The molecule has 6 rings (SSSR count). The van der Waals surface area contributed by atoms with Crippen LogP contribution in [0.1, 0.15) is 27.8 Å². The van der Waals surface area contributed by atoms with Gasteiger partial charge in [-0.2, -0.15) is 0 Å². The van der Waals surface area contributed by atoms with E-state index >= 15 is 4.39 Å². The van der Waals surface area contributed by atoms with Crippen LogP contribution in [-0.4, -0.2) is 29.4 Å². The second kappa shape index (κ2) is 7.03. The number of benzene rings is 3. The van der Waals surface area contributed by atoms with E-state index in [1.165, 1.54) is 18.2 Å². The largest absolute Gasteiger partial charge is 0.497 e. The van der Waals surface area contributed by atoms with Crippen LogP contribution in [0.15, 0.2) is 54.6 Å². The lowest BCUT2D eigenvalue weighted by molar-refractivity contribution is 0.0639. The van der Waals surface area contributed by atoms with Gasteiger partial charge in [0.05, 0.1) is 24.1 Å². The van der Waals surface area contributed by atoms with E-state index in [9.17, 15) is 13.6 Å². The monoisotopic (exact) mass is 449 g/mol. The van der Waals surface area contributed by atoms with Gasteiger partial charge in [0.2, 0.25) is 0 Å². The summed E-state index contributed by atoms with van der Waals surface area (Å²) in [5.74, 6) is -2.00. The Kier molecular flexibility index (Phi) is 4.20. The smallest absolute Gasteiger partial charge is 0.258 e. The third-order valence-corrected chi connectivity index (χ3v) is 6.39. The van der Waals surface area contributed by atoms with Gasteiger partial charge in [-0.1, -0.05) is 6.07 Å². The number of hydrogen-bond acceptors (Lipinski definition) is 3. The molecule has 0 aliphatic carbocycles. The molecule has 1 unspecified atom stereocenters. The number of nitrogens with one attached hydrogen (secondary N) is 1. The van der Waals surface area contributed by atoms with Crippen molar-refractivity contribution in [2.45, 2.75) is 12.6 Å². The highest BCUT2D eigenvalue weighted by molar-refractivity contribution is 6.04. The molecule has 1 aromatic heterocycles. The quantitative estimate of drug-likeness (QED) is 0.443. The standard InChI is InChI=1S/C25H18F3N3O2/c1-33-16-5-6-21-18(12-16)17-7-8-30-24(22(17)29-21)31(15-4-2-3-13(26)9-15)23-19(25(30)32)10-14(27)11-20(23)28/h2-6,9-12,24,29H,7-8H2,1H3. The fraction of sp³-hybridized carbons (Fsp3) is 0.160. The molecule has 3 aromatic carbocycles. The fourth-order valence-corrected chi connectivity index (χ4v) is 5.00. The first kappa shape index (κ1) is 19.7. The van der Waals surface area contributed by atoms with Gasteiger partial charge < -0.3 is 19.5 Å². The Bertz CT molecular complexity index is 1450. The van der Waals surface area contributed by atoms with E-state index < -0.39 is 29.5 Å². The molecule has 1 amide bonds. The summed E-state index contributed by atoms with van der Waals surface area (Å²) < 4.78 is 48.9. The Morgan fingerprint density at radius 3 is 2.67 bits per heavy atom.